The van der Waals surface area contributed by atoms with Crippen molar-refractivity contribution in [1.82, 2.24) is 9.97 Å². The molecule has 2 aromatic carbocycles. The second-order valence-corrected chi connectivity index (χ2v) is 7.72. The maximum Gasteiger partial charge on any atom is 0.159 e. The van der Waals surface area contributed by atoms with Crippen molar-refractivity contribution in [3.05, 3.63) is 77.6 Å². The highest BCUT2D eigenvalue weighted by atomic mass is 16.5. The minimum atomic E-state index is 0.578. The number of nitrogens with zero attached hydrogens (tertiary/aromatic N) is 2. The predicted molar refractivity (Wildman–Crippen MR) is 113 cm³/mol. The molecule has 0 amide bonds. The Kier molecular flexibility index (Phi) is 6.01. The van der Waals surface area contributed by atoms with E-state index in [9.17, 15) is 0 Å². The largest absolute Gasteiger partial charge is 0.489 e. The summed E-state index contributed by atoms with van der Waals surface area (Å²) in [6.45, 7) is 2.85. The van der Waals surface area contributed by atoms with E-state index in [0.717, 1.165) is 35.9 Å². The number of aryl methyl sites for hydroxylation is 1. The lowest BCUT2D eigenvalue weighted by molar-refractivity contribution is 0.306. The van der Waals surface area contributed by atoms with Crippen LogP contribution in [-0.4, -0.2) is 9.97 Å². The van der Waals surface area contributed by atoms with Gasteiger partial charge in [-0.1, -0.05) is 56.5 Å². The number of benzene rings is 2. The van der Waals surface area contributed by atoms with E-state index in [4.69, 9.17) is 9.72 Å². The highest BCUT2D eigenvalue weighted by Crippen LogP contribution is 2.29. The molecule has 0 spiro atoms. The first kappa shape index (κ1) is 18.7. The Bertz CT molecular complexity index is 890. The Morgan fingerprint density at radius 1 is 1.04 bits per heavy atom. The van der Waals surface area contributed by atoms with Gasteiger partial charge in [0, 0.05) is 17.5 Å². The third kappa shape index (κ3) is 4.59. The molecule has 0 fully saturated rings. The molecule has 28 heavy (non-hydrogen) atoms. The second kappa shape index (κ2) is 9.01. The van der Waals surface area contributed by atoms with Gasteiger partial charge in [0.2, 0.25) is 0 Å². The normalized spacial score (nSPS) is 15.8. The highest BCUT2D eigenvalue weighted by Gasteiger charge is 2.20. The van der Waals surface area contributed by atoms with Crippen molar-refractivity contribution in [2.24, 2.45) is 5.92 Å². The maximum absolute atomic E-state index is 5.88. The molecule has 1 unspecified atom stereocenters. The second-order valence-electron chi connectivity index (χ2n) is 7.72. The predicted octanol–water partition coefficient (Wildman–Crippen LogP) is 6.02. The fourth-order valence-electron chi connectivity index (χ4n) is 3.90. The minimum Gasteiger partial charge on any atom is -0.489 e. The van der Waals surface area contributed by atoms with E-state index in [1.54, 1.807) is 0 Å². The van der Waals surface area contributed by atoms with Crippen LogP contribution in [0.4, 0.5) is 0 Å². The van der Waals surface area contributed by atoms with Crippen molar-refractivity contribution in [2.75, 3.05) is 0 Å². The van der Waals surface area contributed by atoms with E-state index in [0.29, 0.717) is 6.61 Å². The third-order valence-corrected chi connectivity index (χ3v) is 5.58. The van der Waals surface area contributed by atoms with Gasteiger partial charge in [-0.05, 0) is 60.6 Å². The summed E-state index contributed by atoms with van der Waals surface area (Å²) in [6, 6.07) is 18.3. The molecule has 0 saturated heterocycles. The van der Waals surface area contributed by atoms with Crippen LogP contribution < -0.4 is 4.74 Å². The number of rotatable bonds is 7. The van der Waals surface area contributed by atoms with Gasteiger partial charge >= 0.3 is 0 Å². The summed E-state index contributed by atoms with van der Waals surface area (Å²) < 4.78 is 5.88. The summed E-state index contributed by atoms with van der Waals surface area (Å²) in [4.78, 5) is 9.52. The fraction of sp³-hybridized carbons (Fsp3) is 0.360. The van der Waals surface area contributed by atoms with Crippen molar-refractivity contribution in [1.29, 1.82) is 0 Å². The summed E-state index contributed by atoms with van der Waals surface area (Å²) in [6.07, 6.45) is 9.48. The fourth-order valence-corrected chi connectivity index (χ4v) is 3.90. The minimum absolute atomic E-state index is 0.578. The molecular formula is C25H28N2O. The summed E-state index contributed by atoms with van der Waals surface area (Å²) in [5.74, 6) is 2.49. The molecule has 0 saturated carbocycles. The number of fused-ring (bicyclic) bond motifs is 1. The lowest BCUT2D eigenvalue weighted by Crippen LogP contribution is -2.16. The van der Waals surface area contributed by atoms with Crippen LogP contribution in [-0.2, 0) is 19.4 Å². The zero-order valence-corrected chi connectivity index (χ0v) is 16.6. The van der Waals surface area contributed by atoms with Gasteiger partial charge in [-0.25, -0.2) is 9.97 Å². The van der Waals surface area contributed by atoms with Crippen LogP contribution in [0.15, 0.2) is 60.8 Å². The molecule has 1 aliphatic rings. The van der Waals surface area contributed by atoms with Crippen molar-refractivity contribution >= 4 is 0 Å². The molecule has 0 radical (unpaired) electrons. The standard InChI is InChI=1S/C25H28N2O/c1-2-3-7-19-10-15-24-22(16-19)17-26-25(27-24)21-11-13-23(14-12-21)28-18-20-8-5-4-6-9-20/h4-6,8-9,11-14,17,19H,2-3,7,10,15-16,18H2,1H3. The molecule has 0 bridgehead atoms. The van der Waals surface area contributed by atoms with Crippen LogP contribution in [0.2, 0.25) is 0 Å². The van der Waals surface area contributed by atoms with Crippen molar-refractivity contribution in [3.63, 3.8) is 0 Å². The smallest absolute Gasteiger partial charge is 0.159 e. The average Bonchev–Trinajstić information content (AvgIpc) is 2.77. The van der Waals surface area contributed by atoms with Crippen LogP contribution in [0.1, 0.15) is 49.4 Å². The summed E-state index contributed by atoms with van der Waals surface area (Å²) in [5, 5.41) is 0. The number of unbranched alkanes of at least 4 members (excludes halogenated alkanes) is 1. The molecule has 1 atom stereocenters. The monoisotopic (exact) mass is 372 g/mol. The molecule has 3 nitrogen and oxygen atoms in total. The van der Waals surface area contributed by atoms with Gasteiger partial charge in [-0.15, -0.1) is 0 Å². The summed E-state index contributed by atoms with van der Waals surface area (Å²) >= 11 is 0. The van der Waals surface area contributed by atoms with E-state index in [1.165, 1.54) is 42.5 Å². The van der Waals surface area contributed by atoms with Crippen molar-refractivity contribution in [3.8, 4) is 17.1 Å². The van der Waals surface area contributed by atoms with Gasteiger partial charge in [-0.3, -0.25) is 0 Å². The lowest BCUT2D eigenvalue weighted by Gasteiger charge is -2.23. The van der Waals surface area contributed by atoms with Crippen LogP contribution in [0.25, 0.3) is 11.4 Å². The van der Waals surface area contributed by atoms with Gasteiger partial charge in [-0.2, -0.15) is 0 Å². The molecular weight excluding hydrogens is 344 g/mol. The van der Waals surface area contributed by atoms with E-state index in [2.05, 4.69) is 42.4 Å². The Hall–Kier alpha value is -2.68. The van der Waals surface area contributed by atoms with Crippen LogP contribution >= 0.6 is 0 Å². The lowest BCUT2D eigenvalue weighted by atomic mass is 9.84. The number of ether oxygens (including phenoxy) is 1. The Morgan fingerprint density at radius 2 is 1.86 bits per heavy atom. The zero-order valence-electron chi connectivity index (χ0n) is 16.6. The van der Waals surface area contributed by atoms with E-state index in [-0.39, 0.29) is 0 Å². The molecule has 0 N–H and O–H groups in total. The van der Waals surface area contributed by atoms with E-state index >= 15 is 0 Å². The Labute approximate surface area is 167 Å². The molecule has 1 aliphatic carbocycles. The number of hydrogen-bond acceptors (Lipinski definition) is 3. The van der Waals surface area contributed by atoms with Gasteiger partial charge < -0.3 is 4.74 Å². The van der Waals surface area contributed by atoms with Crippen LogP contribution in [0.3, 0.4) is 0 Å². The van der Waals surface area contributed by atoms with Gasteiger partial charge in [0.25, 0.3) is 0 Å². The van der Waals surface area contributed by atoms with Crippen molar-refractivity contribution < 1.29 is 4.74 Å². The molecule has 1 aromatic heterocycles. The molecule has 144 valence electrons. The van der Waals surface area contributed by atoms with Gasteiger partial charge in [0.15, 0.2) is 5.82 Å². The third-order valence-electron chi connectivity index (χ3n) is 5.58. The van der Waals surface area contributed by atoms with Crippen LogP contribution in [0, 0.1) is 5.92 Å². The Balaban J connectivity index is 1.41. The molecule has 1 heterocycles. The first-order valence-corrected chi connectivity index (χ1v) is 10.4. The number of aromatic nitrogens is 2. The van der Waals surface area contributed by atoms with E-state index < -0.39 is 0 Å². The SMILES string of the molecule is CCCCC1CCc2nc(-c3ccc(OCc4ccccc4)cc3)ncc2C1. The van der Waals surface area contributed by atoms with Crippen molar-refractivity contribution in [2.45, 2.75) is 52.1 Å². The molecule has 0 aliphatic heterocycles. The quantitative estimate of drug-likeness (QED) is 0.509. The van der Waals surface area contributed by atoms with Crippen LogP contribution in [0.5, 0.6) is 5.75 Å². The van der Waals surface area contributed by atoms with Gasteiger partial charge in [0.05, 0.1) is 0 Å². The summed E-state index contributed by atoms with van der Waals surface area (Å²) in [5.41, 5.74) is 4.80. The first-order valence-electron chi connectivity index (χ1n) is 10.4. The highest BCUT2D eigenvalue weighted by molar-refractivity contribution is 5.56. The zero-order chi connectivity index (χ0) is 19.2. The molecule has 4 rings (SSSR count). The van der Waals surface area contributed by atoms with E-state index in [1.807, 2.05) is 30.3 Å². The molecule has 3 aromatic rings. The average molecular weight is 373 g/mol. The first-order chi connectivity index (χ1) is 13.8. The summed E-state index contributed by atoms with van der Waals surface area (Å²) in [7, 11) is 0. The molecule has 3 heteroatoms. The number of hydrogen-bond donors (Lipinski definition) is 0. The topological polar surface area (TPSA) is 35.0 Å². The Morgan fingerprint density at radius 3 is 2.64 bits per heavy atom. The maximum atomic E-state index is 5.88. The van der Waals surface area contributed by atoms with Gasteiger partial charge in [0.1, 0.15) is 12.4 Å².